The summed E-state index contributed by atoms with van der Waals surface area (Å²) in [6, 6.07) is 9.38. The Hall–Kier alpha value is -2.41. The lowest BCUT2D eigenvalue weighted by Gasteiger charge is -2.33. The van der Waals surface area contributed by atoms with Gasteiger partial charge in [0.05, 0.1) is 4.88 Å². The van der Waals surface area contributed by atoms with Gasteiger partial charge in [-0.1, -0.05) is 65.8 Å². The first-order valence-electron chi connectivity index (χ1n) is 11.1. The van der Waals surface area contributed by atoms with E-state index < -0.39 is 11.9 Å². The van der Waals surface area contributed by atoms with Gasteiger partial charge in [-0.2, -0.15) is 4.91 Å². The summed E-state index contributed by atoms with van der Waals surface area (Å²) in [6.07, 6.45) is 1.68. The summed E-state index contributed by atoms with van der Waals surface area (Å²) >= 11 is 1.33. The SMILES string of the molecule is CCC(CC)(c1ccc(OCC(N=O)C(C)(C)C)c(C(C)C)c1)c1ccc(C(=O)N=O)s1. The average molecular weight is 459 g/mol. The van der Waals surface area contributed by atoms with Crippen molar-refractivity contribution in [1.82, 2.24) is 0 Å². The normalized spacial score (nSPS) is 13.1. The van der Waals surface area contributed by atoms with Crippen LogP contribution in [0.3, 0.4) is 0 Å². The molecule has 0 saturated carbocycles. The van der Waals surface area contributed by atoms with Gasteiger partial charge in [0.1, 0.15) is 18.4 Å². The van der Waals surface area contributed by atoms with Gasteiger partial charge >= 0.3 is 5.91 Å². The largest absolute Gasteiger partial charge is 0.491 e. The van der Waals surface area contributed by atoms with E-state index in [2.05, 4.69) is 50.2 Å². The molecule has 0 bridgehead atoms. The van der Waals surface area contributed by atoms with Crippen LogP contribution in [0.4, 0.5) is 0 Å². The lowest BCUT2D eigenvalue weighted by atomic mass is 9.73. The maximum absolute atomic E-state index is 11.8. The summed E-state index contributed by atoms with van der Waals surface area (Å²) in [5, 5.41) is 5.83. The number of hydrogen-bond acceptors (Lipinski definition) is 6. The van der Waals surface area contributed by atoms with Crippen molar-refractivity contribution in [3.05, 3.63) is 61.0 Å². The molecule has 0 saturated heterocycles. The van der Waals surface area contributed by atoms with Crippen LogP contribution in [0.2, 0.25) is 0 Å². The molecule has 0 N–H and O–H groups in total. The predicted octanol–water partition coefficient (Wildman–Crippen LogP) is 7.44. The average Bonchev–Trinajstić information content (AvgIpc) is 3.25. The molecule has 0 fully saturated rings. The smallest absolute Gasteiger partial charge is 0.326 e. The van der Waals surface area contributed by atoms with Crippen molar-refractivity contribution in [1.29, 1.82) is 0 Å². The minimum atomic E-state index is -0.730. The molecule has 1 atom stereocenters. The van der Waals surface area contributed by atoms with E-state index in [0.29, 0.717) is 4.88 Å². The first-order valence-corrected chi connectivity index (χ1v) is 11.9. The van der Waals surface area contributed by atoms with Crippen LogP contribution >= 0.6 is 11.3 Å². The van der Waals surface area contributed by atoms with E-state index in [9.17, 15) is 14.6 Å². The van der Waals surface area contributed by atoms with Crippen molar-refractivity contribution < 1.29 is 9.53 Å². The molecule has 2 aromatic rings. The van der Waals surface area contributed by atoms with Crippen LogP contribution < -0.4 is 4.74 Å². The molecule has 0 aliphatic carbocycles. The van der Waals surface area contributed by atoms with E-state index in [1.165, 1.54) is 11.3 Å². The Morgan fingerprint density at radius 2 is 1.72 bits per heavy atom. The third-order valence-corrected chi connectivity index (χ3v) is 7.56. The maximum atomic E-state index is 11.8. The monoisotopic (exact) mass is 458 g/mol. The number of nitroso groups, excluding NO2 is 2. The molecule has 0 radical (unpaired) electrons. The molecule has 1 heterocycles. The van der Waals surface area contributed by atoms with Gasteiger partial charge < -0.3 is 4.74 Å². The van der Waals surface area contributed by atoms with Gasteiger partial charge in [0, 0.05) is 15.5 Å². The molecule has 1 amide bonds. The summed E-state index contributed by atoms with van der Waals surface area (Å²) in [6.45, 7) is 14.7. The number of thiophene rings is 1. The van der Waals surface area contributed by atoms with Crippen LogP contribution in [0.25, 0.3) is 0 Å². The Morgan fingerprint density at radius 3 is 2.22 bits per heavy atom. The summed E-state index contributed by atoms with van der Waals surface area (Å²) < 4.78 is 6.09. The highest BCUT2D eigenvalue weighted by atomic mass is 32.1. The van der Waals surface area contributed by atoms with Crippen LogP contribution in [0.15, 0.2) is 40.7 Å². The van der Waals surface area contributed by atoms with E-state index >= 15 is 0 Å². The number of amides is 1. The topological polar surface area (TPSA) is 85.2 Å². The van der Waals surface area contributed by atoms with E-state index in [1.807, 2.05) is 32.9 Å². The molecular weight excluding hydrogens is 424 g/mol. The van der Waals surface area contributed by atoms with Gasteiger partial charge in [0.15, 0.2) is 0 Å². The van der Waals surface area contributed by atoms with Crippen molar-refractivity contribution in [2.24, 2.45) is 15.8 Å². The standard InChI is InChI=1S/C25H34N2O4S/c1-8-25(9-2,22-13-12-20(32-22)23(28)27-30)17-10-11-19(18(14-17)16(3)4)31-15-21(26-29)24(5,6)7/h10-14,16,21H,8-9,15H2,1-7H3. The van der Waals surface area contributed by atoms with E-state index in [-0.39, 0.29) is 23.4 Å². The lowest BCUT2D eigenvalue weighted by molar-refractivity contribution is 0.100. The lowest BCUT2D eigenvalue weighted by Crippen LogP contribution is -2.30. The molecule has 6 nitrogen and oxygen atoms in total. The summed E-state index contributed by atoms with van der Waals surface area (Å²) in [5.41, 5.74) is 1.64. The number of carbonyl (C=O) groups excluding carboxylic acids is 1. The van der Waals surface area contributed by atoms with Crippen molar-refractivity contribution >= 4 is 17.2 Å². The van der Waals surface area contributed by atoms with Crippen LogP contribution in [-0.2, 0) is 5.41 Å². The van der Waals surface area contributed by atoms with Crippen molar-refractivity contribution in [3.8, 4) is 5.75 Å². The van der Waals surface area contributed by atoms with Gasteiger partial charge in [0.25, 0.3) is 0 Å². The fourth-order valence-corrected chi connectivity index (χ4v) is 5.18. The van der Waals surface area contributed by atoms with E-state index in [4.69, 9.17) is 4.74 Å². The Kier molecular flexibility index (Phi) is 8.46. The predicted molar refractivity (Wildman–Crippen MR) is 131 cm³/mol. The van der Waals surface area contributed by atoms with Gasteiger partial charge in [-0.3, -0.25) is 4.79 Å². The maximum Gasteiger partial charge on any atom is 0.326 e. The fraction of sp³-hybridized carbons (Fsp3) is 0.560. The minimum Gasteiger partial charge on any atom is -0.491 e. The number of hydrogen-bond donors (Lipinski definition) is 0. The van der Waals surface area contributed by atoms with E-state index in [0.717, 1.165) is 34.6 Å². The Morgan fingerprint density at radius 1 is 1.06 bits per heavy atom. The highest BCUT2D eigenvalue weighted by Gasteiger charge is 2.34. The molecular formula is C25H34N2O4S. The van der Waals surface area contributed by atoms with Gasteiger partial charge in [-0.05, 0) is 53.5 Å². The minimum absolute atomic E-state index is 0.216. The number of carbonyl (C=O) groups is 1. The van der Waals surface area contributed by atoms with Crippen molar-refractivity contribution in [2.75, 3.05) is 6.61 Å². The van der Waals surface area contributed by atoms with Crippen LogP contribution in [-0.4, -0.2) is 18.6 Å². The van der Waals surface area contributed by atoms with Gasteiger partial charge in [0.2, 0.25) is 0 Å². The first-order chi connectivity index (χ1) is 15.0. The zero-order valence-corrected chi connectivity index (χ0v) is 20.9. The number of benzene rings is 1. The number of ether oxygens (including phenoxy) is 1. The van der Waals surface area contributed by atoms with Crippen LogP contribution in [0.5, 0.6) is 5.75 Å². The highest BCUT2D eigenvalue weighted by molar-refractivity contribution is 7.14. The van der Waals surface area contributed by atoms with E-state index in [1.54, 1.807) is 6.07 Å². The molecule has 2 rings (SSSR count). The van der Waals surface area contributed by atoms with Crippen LogP contribution in [0, 0.1) is 15.2 Å². The molecule has 1 unspecified atom stereocenters. The second-order valence-corrected chi connectivity index (χ2v) is 10.6. The second-order valence-electron chi connectivity index (χ2n) is 9.56. The second kappa shape index (κ2) is 10.5. The molecule has 0 aliphatic rings. The fourth-order valence-electron chi connectivity index (χ4n) is 3.94. The molecule has 0 aliphatic heterocycles. The third-order valence-electron chi connectivity index (χ3n) is 6.29. The molecule has 1 aromatic heterocycles. The summed E-state index contributed by atoms with van der Waals surface area (Å²) in [7, 11) is 0. The van der Waals surface area contributed by atoms with Gasteiger partial charge in [-0.15, -0.1) is 16.2 Å². The Balaban J connectivity index is 2.48. The van der Waals surface area contributed by atoms with Crippen molar-refractivity contribution in [3.63, 3.8) is 0 Å². The molecule has 32 heavy (non-hydrogen) atoms. The molecule has 7 heteroatoms. The first kappa shape index (κ1) is 25.8. The number of nitrogens with zero attached hydrogens (tertiary/aromatic N) is 2. The summed E-state index contributed by atoms with van der Waals surface area (Å²) in [5.74, 6) is 0.245. The molecule has 0 spiro atoms. The summed E-state index contributed by atoms with van der Waals surface area (Å²) in [4.78, 5) is 35.2. The Labute approximate surface area is 194 Å². The van der Waals surface area contributed by atoms with Crippen molar-refractivity contribution in [2.45, 2.75) is 78.7 Å². The van der Waals surface area contributed by atoms with Gasteiger partial charge in [-0.25, -0.2) is 0 Å². The number of rotatable bonds is 10. The zero-order chi connectivity index (χ0) is 24.1. The quantitative estimate of drug-likeness (QED) is 0.346. The molecule has 1 aromatic carbocycles. The third kappa shape index (κ3) is 5.31. The van der Waals surface area contributed by atoms with Crippen LogP contribution in [0.1, 0.15) is 92.9 Å². The zero-order valence-electron chi connectivity index (χ0n) is 20.1. The Bertz CT molecular complexity index is 955. The highest BCUT2D eigenvalue weighted by Crippen LogP contribution is 2.44. The molecule has 174 valence electrons.